The van der Waals surface area contributed by atoms with Crippen molar-refractivity contribution in [3.63, 3.8) is 0 Å². The van der Waals surface area contributed by atoms with Crippen molar-refractivity contribution in [2.24, 2.45) is 0 Å². The van der Waals surface area contributed by atoms with Gasteiger partial charge < -0.3 is 10.2 Å². The number of nitrogens with zero attached hydrogens (tertiary/aromatic N) is 1. The summed E-state index contributed by atoms with van der Waals surface area (Å²) in [6.07, 6.45) is 2.28. The van der Waals surface area contributed by atoms with Crippen LogP contribution in [0.15, 0.2) is 18.2 Å². The minimum Gasteiger partial charge on any atom is -0.309 e. The third kappa shape index (κ3) is 3.42. The molecule has 1 aromatic rings. The van der Waals surface area contributed by atoms with Crippen LogP contribution in [0.4, 0.5) is 0 Å². The van der Waals surface area contributed by atoms with Gasteiger partial charge in [0.1, 0.15) is 0 Å². The van der Waals surface area contributed by atoms with Gasteiger partial charge in [0.05, 0.1) is 6.04 Å². The number of hydrogen-bond acceptors (Lipinski definition) is 2. The predicted molar refractivity (Wildman–Crippen MR) is 89.3 cm³/mol. The summed E-state index contributed by atoms with van der Waals surface area (Å²) < 4.78 is 0. The van der Waals surface area contributed by atoms with E-state index in [9.17, 15) is 0 Å². The first-order valence-electron chi connectivity index (χ1n) is 7.90. The molecule has 2 nitrogen and oxygen atoms in total. The fourth-order valence-corrected chi connectivity index (χ4v) is 3.55. The second-order valence-electron chi connectivity index (χ2n) is 6.12. The molecule has 0 saturated carbocycles. The van der Waals surface area contributed by atoms with Crippen LogP contribution in [0.1, 0.15) is 56.3 Å². The van der Waals surface area contributed by atoms with Crippen molar-refractivity contribution < 1.29 is 0 Å². The smallest absolute Gasteiger partial charge is 0.0506 e. The van der Waals surface area contributed by atoms with Crippen LogP contribution in [0.3, 0.4) is 0 Å². The quantitative estimate of drug-likeness (QED) is 0.807. The largest absolute Gasteiger partial charge is 0.309 e. The van der Waals surface area contributed by atoms with Gasteiger partial charge in [0.25, 0.3) is 0 Å². The van der Waals surface area contributed by atoms with Crippen LogP contribution in [-0.4, -0.2) is 31.1 Å². The summed E-state index contributed by atoms with van der Waals surface area (Å²) in [5.41, 5.74) is 4.28. The Morgan fingerprint density at radius 1 is 1.00 bits per heavy atom. The summed E-state index contributed by atoms with van der Waals surface area (Å²) in [6, 6.07) is 7.30. The van der Waals surface area contributed by atoms with Gasteiger partial charge in [0.2, 0.25) is 0 Å². The van der Waals surface area contributed by atoms with Crippen molar-refractivity contribution in [1.82, 2.24) is 10.2 Å². The van der Waals surface area contributed by atoms with Crippen LogP contribution in [0.5, 0.6) is 0 Å². The lowest BCUT2D eigenvalue weighted by atomic mass is 9.79. The average molecular weight is 276 g/mol. The molecular weight excluding hydrogens is 244 g/mol. The zero-order valence-electron chi connectivity index (χ0n) is 14.4. The molecule has 0 bridgehead atoms. The molecule has 0 aliphatic carbocycles. The number of rotatable bonds is 7. The maximum atomic E-state index is 3.74. The Labute approximate surface area is 125 Å². The highest BCUT2D eigenvalue weighted by molar-refractivity contribution is 5.33. The maximum absolute atomic E-state index is 3.74. The Balaban J connectivity index is 3.34. The fourth-order valence-electron chi connectivity index (χ4n) is 3.55. The number of aryl methyl sites for hydroxylation is 2. The molecule has 2 heteroatoms. The summed E-state index contributed by atoms with van der Waals surface area (Å²) in [4.78, 5) is 2.40. The minimum atomic E-state index is 0.163. The van der Waals surface area contributed by atoms with Gasteiger partial charge in [0.15, 0.2) is 0 Å². The molecule has 1 rings (SSSR count). The molecule has 1 atom stereocenters. The second kappa shape index (κ2) is 7.24. The molecule has 0 radical (unpaired) electrons. The highest BCUT2D eigenvalue weighted by Gasteiger charge is 2.38. The van der Waals surface area contributed by atoms with E-state index in [2.05, 4.69) is 77.1 Å². The molecule has 0 saturated heterocycles. The molecule has 1 N–H and O–H groups in total. The lowest BCUT2D eigenvalue weighted by Gasteiger charge is -2.46. The van der Waals surface area contributed by atoms with Crippen LogP contribution >= 0.6 is 0 Å². The number of nitrogens with one attached hydrogen (secondary N) is 1. The Kier molecular flexibility index (Phi) is 6.22. The lowest BCUT2D eigenvalue weighted by molar-refractivity contribution is 0.0888. The van der Waals surface area contributed by atoms with E-state index < -0.39 is 0 Å². The first-order chi connectivity index (χ1) is 9.41. The summed E-state index contributed by atoms with van der Waals surface area (Å²) in [6.45, 7) is 12.2. The van der Waals surface area contributed by atoms with Crippen molar-refractivity contribution in [2.45, 2.75) is 59.0 Å². The fraction of sp³-hybridized carbons (Fsp3) is 0.667. The molecule has 0 aliphatic rings. The zero-order chi connectivity index (χ0) is 15.3. The van der Waals surface area contributed by atoms with Crippen LogP contribution in [0.2, 0.25) is 0 Å². The van der Waals surface area contributed by atoms with Gasteiger partial charge in [-0.2, -0.15) is 0 Å². The molecule has 0 fully saturated rings. The van der Waals surface area contributed by atoms with Gasteiger partial charge in [-0.25, -0.2) is 0 Å². The van der Waals surface area contributed by atoms with Gasteiger partial charge in [-0.3, -0.25) is 0 Å². The number of likely N-dealkylation sites (N-methyl/N-ethyl adjacent to an activating group) is 2. The van der Waals surface area contributed by atoms with Crippen molar-refractivity contribution in [3.05, 3.63) is 34.9 Å². The molecule has 0 aromatic heterocycles. The highest BCUT2D eigenvalue weighted by atomic mass is 15.2. The Morgan fingerprint density at radius 2 is 1.50 bits per heavy atom. The molecule has 1 aromatic carbocycles. The summed E-state index contributed by atoms with van der Waals surface area (Å²) >= 11 is 0. The van der Waals surface area contributed by atoms with E-state index in [4.69, 9.17) is 0 Å². The molecule has 114 valence electrons. The third-order valence-electron chi connectivity index (χ3n) is 4.64. The zero-order valence-corrected chi connectivity index (χ0v) is 14.4. The SMILES string of the molecule is CCNC(c1cc(C)cc(C)c1)C(CC)(CC)N(C)C. The Morgan fingerprint density at radius 3 is 1.85 bits per heavy atom. The molecule has 0 spiro atoms. The van der Waals surface area contributed by atoms with Crippen molar-refractivity contribution in [3.8, 4) is 0 Å². The summed E-state index contributed by atoms with van der Waals surface area (Å²) in [5.74, 6) is 0. The van der Waals surface area contributed by atoms with Crippen LogP contribution < -0.4 is 5.32 Å². The lowest BCUT2D eigenvalue weighted by Crippen LogP contribution is -2.53. The summed E-state index contributed by atoms with van der Waals surface area (Å²) in [7, 11) is 4.42. The van der Waals surface area contributed by atoms with Gasteiger partial charge in [-0.05, 0) is 52.9 Å². The first-order valence-corrected chi connectivity index (χ1v) is 7.90. The predicted octanol–water partition coefficient (Wildman–Crippen LogP) is 4.07. The van der Waals surface area contributed by atoms with Crippen LogP contribution in [-0.2, 0) is 0 Å². The van der Waals surface area contributed by atoms with Crippen molar-refractivity contribution >= 4 is 0 Å². The molecule has 1 unspecified atom stereocenters. The van der Waals surface area contributed by atoms with E-state index in [-0.39, 0.29) is 5.54 Å². The Hall–Kier alpha value is -0.860. The Bertz CT molecular complexity index is 399. The maximum Gasteiger partial charge on any atom is 0.0506 e. The molecule has 0 heterocycles. The van der Waals surface area contributed by atoms with Gasteiger partial charge in [-0.15, -0.1) is 0 Å². The molecule has 20 heavy (non-hydrogen) atoms. The summed E-state index contributed by atoms with van der Waals surface area (Å²) in [5, 5.41) is 3.74. The van der Waals surface area contributed by atoms with Gasteiger partial charge in [-0.1, -0.05) is 50.1 Å². The molecular formula is C18H32N2. The van der Waals surface area contributed by atoms with Crippen LogP contribution in [0.25, 0.3) is 0 Å². The van der Waals surface area contributed by atoms with Crippen molar-refractivity contribution in [2.75, 3.05) is 20.6 Å². The van der Waals surface area contributed by atoms with Gasteiger partial charge in [0, 0.05) is 5.54 Å². The van der Waals surface area contributed by atoms with E-state index in [0.29, 0.717) is 6.04 Å². The van der Waals surface area contributed by atoms with E-state index >= 15 is 0 Å². The topological polar surface area (TPSA) is 15.3 Å². The van der Waals surface area contributed by atoms with Gasteiger partial charge >= 0.3 is 0 Å². The highest BCUT2D eigenvalue weighted by Crippen LogP contribution is 2.36. The minimum absolute atomic E-state index is 0.163. The van der Waals surface area contributed by atoms with E-state index in [1.807, 2.05) is 0 Å². The van der Waals surface area contributed by atoms with E-state index in [1.54, 1.807) is 0 Å². The average Bonchev–Trinajstić information content (AvgIpc) is 2.38. The van der Waals surface area contributed by atoms with Crippen LogP contribution in [0, 0.1) is 13.8 Å². The number of benzene rings is 1. The normalized spacial score (nSPS) is 13.8. The molecule has 0 amide bonds. The first kappa shape index (κ1) is 17.2. The van der Waals surface area contributed by atoms with E-state index in [1.165, 1.54) is 16.7 Å². The van der Waals surface area contributed by atoms with Crippen molar-refractivity contribution in [1.29, 1.82) is 0 Å². The third-order valence-corrected chi connectivity index (χ3v) is 4.64. The molecule has 0 aliphatic heterocycles. The number of hydrogen-bond donors (Lipinski definition) is 1. The second-order valence-corrected chi connectivity index (χ2v) is 6.12. The standard InChI is InChI=1S/C18H32N2/c1-8-18(9-2,20(6)7)17(19-10-3)16-12-14(4)11-15(5)13-16/h11-13,17,19H,8-10H2,1-7H3. The van der Waals surface area contributed by atoms with E-state index in [0.717, 1.165) is 19.4 Å². The monoisotopic (exact) mass is 276 g/mol.